The maximum absolute atomic E-state index is 14.2. The average molecular weight is 394 g/mol. The molecule has 0 unspecified atom stereocenters. The molecule has 1 aromatic rings. The van der Waals surface area contributed by atoms with E-state index in [2.05, 4.69) is 0 Å². The molecule has 0 aliphatic carbocycles. The van der Waals surface area contributed by atoms with Gasteiger partial charge in [0.2, 0.25) is 0 Å². The van der Waals surface area contributed by atoms with E-state index in [1.807, 2.05) is 27.7 Å². The maximum Gasteiger partial charge on any atom is 0.491 e. The first-order valence-electron chi connectivity index (χ1n) is 8.61. The molecule has 0 radical (unpaired) electrons. The number of carbonyl (C=O) groups excluding carboxylic acids is 1. The highest BCUT2D eigenvalue weighted by Crippen LogP contribution is 2.39. The smallest absolute Gasteiger partial charge is 0.481 e. The molecule has 2 rings (SSSR count). The number of rotatable bonds is 6. The summed E-state index contributed by atoms with van der Waals surface area (Å²) in [6.45, 7) is 9.21. The molecule has 0 aromatic heterocycles. The Bertz CT molecular complexity index is 759. The third-order valence-corrected chi connectivity index (χ3v) is 5.65. The number of aliphatic carboxylic acids is 1. The van der Waals surface area contributed by atoms with Crippen LogP contribution in [0.2, 0.25) is 0 Å². The van der Waals surface area contributed by atoms with E-state index in [0.29, 0.717) is 16.8 Å². The largest absolute Gasteiger partial charge is 0.491 e. The van der Waals surface area contributed by atoms with Crippen molar-refractivity contribution in [3.05, 3.63) is 40.6 Å². The predicted octanol–water partition coefficient (Wildman–Crippen LogP) is 3.75. The summed E-state index contributed by atoms with van der Waals surface area (Å²) in [6.07, 6.45) is 1.35. The molecule has 0 spiro atoms. The lowest BCUT2D eigenvalue weighted by Gasteiger charge is -2.32. The Hall–Kier alpha value is -1.64. The lowest BCUT2D eigenvalue weighted by atomic mass is 9.78. The van der Waals surface area contributed by atoms with Crippen molar-refractivity contribution >= 4 is 36.0 Å². The number of hydrogen-bond donors (Lipinski definition) is 1. The molecule has 1 aromatic carbocycles. The molecular weight excluding hydrogens is 370 g/mol. The van der Waals surface area contributed by atoms with E-state index in [4.69, 9.17) is 14.4 Å². The maximum atomic E-state index is 14.2. The number of carboxylic acid groups (broad SMARTS) is 1. The van der Waals surface area contributed by atoms with E-state index in [0.717, 1.165) is 11.8 Å². The van der Waals surface area contributed by atoms with Crippen molar-refractivity contribution in [2.24, 2.45) is 0 Å². The zero-order chi connectivity index (χ0) is 20.4. The van der Waals surface area contributed by atoms with Gasteiger partial charge in [0.25, 0.3) is 0 Å². The Morgan fingerprint density at radius 1 is 1.22 bits per heavy atom. The number of thioether (sulfide) groups is 1. The first kappa shape index (κ1) is 21.7. The fourth-order valence-electron chi connectivity index (χ4n) is 2.53. The Balaban J connectivity index is 2.32. The molecule has 0 bridgehead atoms. The quantitative estimate of drug-likeness (QED) is 0.741. The van der Waals surface area contributed by atoms with Crippen LogP contribution in [-0.2, 0) is 25.3 Å². The van der Waals surface area contributed by atoms with E-state index in [-0.39, 0.29) is 17.1 Å². The van der Waals surface area contributed by atoms with Crippen molar-refractivity contribution in [3.63, 3.8) is 0 Å². The van der Waals surface area contributed by atoms with Crippen molar-refractivity contribution in [1.82, 2.24) is 0 Å². The Morgan fingerprint density at radius 2 is 1.81 bits per heavy atom. The normalized spacial score (nSPS) is 18.6. The number of halogens is 1. The predicted molar refractivity (Wildman–Crippen MR) is 105 cm³/mol. The first-order chi connectivity index (χ1) is 12.4. The van der Waals surface area contributed by atoms with Gasteiger partial charge >= 0.3 is 13.1 Å². The minimum atomic E-state index is -1.09. The van der Waals surface area contributed by atoms with Crippen LogP contribution >= 0.6 is 11.8 Å². The molecule has 1 saturated heterocycles. The summed E-state index contributed by atoms with van der Waals surface area (Å²) >= 11 is 1.12. The summed E-state index contributed by atoms with van der Waals surface area (Å²) in [5, 5.41) is 8.78. The molecule has 1 aliphatic rings. The van der Waals surface area contributed by atoms with Gasteiger partial charge in [0.1, 0.15) is 5.82 Å². The van der Waals surface area contributed by atoms with Gasteiger partial charge in [-0.3, -0.25) is 9.59 Å². The van der Waals surface area contributed by atoms with Crippen LogP contribution in [0.15, 0.2) is 23.7 Å². The van der Waals surface area contributed by atoms with E-state index in [1.165, 1.54) is 19.1 Å². The van der Waals surface area contributed by atoms with Gasteiger partial charge in [-0.15, -0.1) is 0 Å². The molecule has 1 heterocycles. The highest BCUT2D eigenvalue weighted by molar-refractivity contribution is 8.13. The van der Waals surface area contributed by atoms with Crippen LogP contribution in [0.3, 0.4) is 0 Å². The van der Waals surface area contributed by atoms with E-state index >= 15 is 0 Å². The van der Waals surface area contributed by atoms with E-state index in [9.17, 15) is 14.0 Å². The summed E-state index contributed by atoms with van der Waals surface area (Å²) in [5.41, 5.74) is 0.312. The Kier molecular flexibility index (Phi) is 6.55. The number of carboxylic acids is 1. The van der Waals surface area contributed by atoms with Crippen molar-refractivity contribution < 1.29 is 28.4 Å². The number of benzene rings is 1. The van der Waals surface area contributed by atoms with Gasteiger partial charge in [0.05, 0.1) is 17.6 Å². The molecule has 0 atom stereocenters. The van der Waals surface area contributed by atoms with Crippen LogP contribution in [0, 0.1) is 5.82 Å². The van der Waals surface area contributed by atoms with Gasteiger partial charge < -0.3 is 14.4 Å². The lowest BCUT2D eigenvalue weighted by Crippen LogP contribution is -2.41. The summed E-state index contributed by atoms with van der Waals surface area (Å²) in [4.78, 5) is 22.2. The highest BCUT2D eigenvalue weighted by Gasteiger charge is 2.52. The van der Waals surface area contributed by atoms with Gasteiger partial charge in [-0.2, -0.15) is 0 Å². The molecule has 27 heavy (non-hydrogen) atoms. The topological polar surface area (TPSA) is 72.8 Å². The van der Waals surface area contributed by atoms with Gasteiger partial charge in [-0.05, 0) is 50.4 Å². The molecule has 146 valence electrons. The van der Waals surface area contributed by atoms with Gasteiger partial charge in [-0.25, -0.2) is 4.39 Å². The molecule has 1 aliphatic heterocycles. The third kappa shape index (κ3) is 5.43. The Morgan fingerprint density at radius 3 is 2.30 bits per heavy atom. The average Bonchev–Trinajstić information content (AvgIpc) is 2.73. The van der Waals surface area contributed by atoms with E-state index in [1.54, 1.807) is 12.1 Å². The summed E-state index contributed by atoms with van der Waals surface area (Å²) in [6, 6.07) is 4.38. The second kappa shape index (κ2) is 8.16. The fraction of sp³-hybridized carbons (Fsp3) is 0.474. The van der Waals surface area contributed by atoms with Crippen molar-refractivity contribution in [2.75, 3.05) is 5.75 Å². The minimum absolute atomic E-state index is 0.0413. The monoisotopic (exact) mass is 394 g/mol. The number of hydrogen-bond acceptors (Lipinski definition) is 5. The second-order valence-corrected chi connectivity index (χ2v) is 8.66. The SMILES string of the molecule is CC(=O)SCC(=Cc1ccc(CC(=O)O)c(F)c1)B1OC(C)(C)C(C)(C)O1. The summed E-state index contributed by atoms with van der Waals surface area (Å²) < 4.78 is 26.3. The molecular formula is C19H24BFO5S. The number of carbonyl (C=O) groups is 2. The fourth-order valence-corrected chi connectivity index (χ4v) is 3.12. The summed E-state index contributed by atoms with van der Waals surface area (Å²) in [7, 11) is -0.649. The van der Waals surface area contributed by atoms with Crippen LogP contribution in [0.5, 0.6) is 0 Å². The first-order valence-corrected chi connectivity index (χ1v) is 9.59. The van der Waals surface area contributed by atoms with Crippen molar-refractivity contribution in [3.8, 4) is 0 Å². The van der Waals surface area contributed by atoms with Crippen LogP contribution < -0.4 is 0 Å². The zero-order valence-electron chi connectivity index (χ0n) is 16.2. The van der Waals surface area contributed by atoms with Gasteiger partial charge in [0, 0.05) is 12.7 Å². The van der Waals surface area contributed by atoms with Crippen molar-refractivity contribution in [1.29, 1.82) is 0 Å². The highest BCUT2D eigenvalue weighted by atomic mass is 32.2. The molecule has 5 nitrogen and oxygen atoms in total. The molecule has 0 amide bonds. The molecule has 1 N–H and O–H groups in total. The van der Waals surface area contributed by atoms with Gasteiger partial charge in [0.15, 0.2) is 5.12 Å². The zero-order valence-corrected chi connectivity index (χ0v) is 17.0. The van der Waals surface area contributed by atoms with Crippen LogP contribution in [0.4, 0.5) is 4.39 Å². The standard InChI is InChI=1S/C19H24BFO5S/c1-12(22)27-11-15(20-25-18(2,3)19(4,5)26-20)8-13-6-7-14(10-17(23)24)16(21)9-13/h6-9H,10-11H2,1-5H3,(H,23,24). The van der Waals surface area contributed by atoms with Crippen LogP contribution in [-0.4, -0.2) is 40.3 Å². The van der Waals surface area contributed by atoms with Gasteiger partial charge in [-0.1, -0.05) is 30.0 Å². The third-order valence-electron chi connectivity index (χ3n) is 4.77. The molecule has 1 fully saturated rings. The van der Waals surface area contributed by atoms with Crippen molar-refractivity contribution in [2.45, 2.75) is 52.2 Å². The minimum Gasteiger partial charge on any atom is -0.481 e. The summed E-state index contributed by atoms with van der Waals surface area (Å²) in [5.74, 6) is -1.32. The van der Waals surface area contributed by atoms with Crippen LogP contribution in [0.1, 0.15) is 45.7 Å². The molecule has 0 saturated carbocycles. The van der Waals surface area contributed by atoms with Crippen LogP contribution in [0.25, 0.3) is 6.08 Å². The van der Waals surface area contributed by atoms with E-state index < -0.39 is 30.1 Å². The lowest BCUT2D eigenvalue weighted by molar-refractivity contribution is -0.136. The molecule has 8 heteroatoms. The second-order valence-electron chi connectivity index (χ2n) is 7.51. The Labute approximate surface area is 163 Å².